The summed E-state index contributed by atoms with van der Waals surface area (Å²) in [4.78, 5) is 29.7. The van der Waals surface area contributed by atoms with Gasteiger partial charge in [-0.1, -0.05) is 54.6 Å². The summed E-state index contributed by atoms with van der Waals surface area (Å²) in [6.07, 6.45) is 4.15. The Morgan fingerprint density at radius 1 is 0.949 bits per heavy atom. The Kier molecular flexibility index (Phi) is 6.38. The summed E-state index contributed by atoms with van der Waals surface area (Å²) < 4.78 is 6.13. The largest absolute Gasteiger partial charge is 0.478 e. The fraction of sp³-hybridized carbons (Fsp3) is 0.0968. The van der Waals surface area contributed by atoms with Gasteiger partial charge in [0.15, 0.2) is 0 Å². The second-order valence-electron chi connectivity index (χ2n) is 9.46. The minimum atomic E-state index is -0.987. The van der Waals surface area contributed by atoms with E-state index in [4.69, 9.17) is 4.98 Å². The van der Waals surface area contributed by atoms with Crippen molar-refractivity contribution in [3.8, 4) is 11.1 Å². The molecule has 6 aromatic rings. The van der Waals surface area contributed by atoms with Crippen molar-refractivity contribution in [1.29, 1.82) is 0 Å². The molecule has 0 bridgehead atoms. The minimum Gasteiger partial charge on any atom is -0.478 e. The van der Waals surface area contributed by atoms with E-state index >= 15 is 0 Å². The van der Waals surface area contributed by atoms with E-state index in [1.807, 2.05) is 41.0 Å². The van der Waals surface area contributed by atoms with Gasteiger partial charge in [-0.25, -0.2) is 14.2 Å². The maximum absolute atomic E-state index is 13.7. The van der Waals surface area contributed by atoms with E-state index in [9.17, 15) is 14.7 Å². The highest BCUT2D eigenvalue weighted by Crippen LogP contribution is 2.27. The van der Waals surface area contributed by atoms with Crippen molar-refractivity contribution in [2.45, 2.75) is 19.4 Å². The first kappa shape index (κ1) is 24.5. The van der Waals surface area contributed by atoms with Gasteiger partial charge in [-0.3, -0.25) is 9.20 Å². The van der Waals surface area contributed by atoms with Crippen LogP contribution in [0.15, 0.2) is 96.6 Å². The smallest absolute Gasteiger partial charge is 0.335 e. The molecular weight excluding hydrogens is 508 g/mol. The number of rotatable bonds is 7. The van der Waals surface area contributed by atoms with Crippen LogP contribution in [0.1, 0.15) is 50.8 Å². The van der Waals surface area contributed by atoms with Crippen molar-refractivity contribution in [1.82, 2.24) is 19.1 Å². The first-order valence-electron chi connectivity index (χ1n) is 12.5. The molecule has 0 aliphatic carbocycles. The quantitative estimate of drug-likeness (QED) is 0.248. The Morgan fingerprint density at radius 3 is 2.49 bits per heavy atom. The predicted octanol–water partition coefficient (Wildman–Crippen LogP) is 6.39. The zero-order chi connectivity index (χ0) is 26.9. The molecule has 0 spiro atoms. The molecule has 1 amide bonds. The Hall–Kier alpha value is -4.82. The number of benzene rings is 3. The summed E-state index contributed by atoms with van der Waals surface area (Å²) in [5.74, 6) is -0.476. The van der Waals surface area contributed by atoms with E-state index in [0.29, 0.717) is 12.1 Å². The van der Waals surface area contributed by atoms with Gasteiger partial charge in [0.05, 0.1) is 23.3 Å². The van der Waals surface area contributed by atoms with Crippen LogP contribution in [0.25, 0.3) is 27.4 Å². The van der Waals surface area contributed by atoms with Crippen LogP contribution in [0.2, 0.25) is 0 Å². The number of carbonyl (C=O) groups excluding carboxylic acids is 1. The fourth-order valence-electron chi connectivity index (χ4n) is 4.80. The van der Waals surface area contributed by atoms with Crippen LogP contribution in [-0.4, -0.2) is 30.7 Å². The number of carboxylic acid groups (broad SMARTS) is 1. The van der Waals surface area contributed by atoms with Crippen LogP contribution in [-0.2, 0) is 6.42 Å². The third kappa shape index (κ3) is 4.89. The molecule has 192 valence electrons. The number of nitrogens with one attached hydrogen (secondary N) is 1. The number of pyridine rings is 1. The Labute approximate surface area is 228 Å². The summed E-state index contributed by atoms with van der Waals surface area (Å²) >= 11 is 1.36. The van der Waals surface area contributed by atoms with Gasteiger partial charge in [-0.05, 0) is 70.2 Å². The molecule has 2 N–H and O–H groups in total. The van der Waals surface area contributed by atoms with Crippen molar-refractivity contribution in [2.75, 3.05) is 0 Å². The number of nitrogens with zero attached hydrogens (tertiary/aromatic N) is 3. The van der Waals surface area contributed by atoms with Crippen molar-refractivity contribution >= 4 is 39.7 Å². The molecule has 0 aliphatic rings. The van der Waals surface area contributed by atoms with Gasteiger partial charge < -0.3 is 10.4 Å². The number of amides is 1. The average Bonchev–Trinajstić information content (AvgIpc) is 3.63. The number of aromatic carboxylic acids is 1. The number of hydrogen-bond acceptors (Lipinski definition) is 5. The summed E-state index contributed by atoms with van der Waals surface area (Å²) in [6, 6.07) is 24.7. The number of aromatic nitrogens is 3. The summed E-state index contributed by atoms with van der Waals surface area (Å²) in [5.41, 5.74) is 5.22. The molecule has 0 aliphatic heterocycles. The molecule has 39 heavy (non-hydrogen) atoms. The van der Waals surface area contributed by atoms with Gasteiger partial charge in [0, 0.05) is 23.6 Å². The molecular formula is C31H24N4O3S. The second kappa shape index (κ2) is 10.2. The van der Waals surface area contributed by atoms with Crippen LogP contribution < -0.4 is 5.32 Å². The molecule has 3 aromatic heterocycles. The van der Waals surface area contributed by atoms with Gasteiger partial charge in [-0.2, -0.15) is 0 Å². The summed E-state index contributed by atoms with van der Waals surface area (Å²) in [6.45, 7) is 1.88. The zero-order valence-corrected chi connectivity index (χ0v) is 21.9. The van der Waals surface area contributed by atoms with Crippen molar-refractivity contribution in [3.63, 3.8) is 0 Å². The van der Waals surface area contributed by atoms with Crippen LogP contribution >= 0.6 is 11.5 Å². The van der Waals surface area contributed by atoms with E-state index in [1.54, 1.807) is 36.7 Å². The third-order valence-electron chi connectivity index (χ3n) is 6.88. The average molecular weight is 533 g/mol. The fourth-order valence-corrected chi connectivity index (χ4v) is 5.35. The summed E-state index contributed by atoms with van der Waals surface area (Å²) in [7, 11) is 0. The lowest BCUT2D eigenvalue weighted by molar-refractivity contribution is 0.0696. The Balaban J connectivity index is 1.38. The highest BCUT2D eigenvalue weighted by Gasteiger charge is 2.19. The lowest BCUT2D eigenvalue weighted by Gasteiger charge is -2.17. The lowest BCUT2D eigenvalue weighted by Crippen LogP contribution is -2.28. The van der Waals surface area contributed by atoms with Gasteiger partial charge in [0.25, 0.3) is 5.91 Å². The standard InChI is InChI=1S/C31H24N4O3S/c1-19(21-8-10-23(11-9-21)31(37)38)34-30(36)28-15-25(26-16-33-39-18-26)14-27-17-32-29(35(27)28)13-20-6-7-22-4-2-3-5-24(22)12-20/h2-12,14-19H,13H2,1H3,(H,34,36)(H,37,38)/t19-/m0/s1. The van der Waals surface area contributed by atoms with Gasteiger partial charge in [0.1, 0.15) is 11.5 Å². The van der Waals surface area contributed by atoms with Gasteiger partial charge in [0.2, 0.25) is 0 Å². The second-order valence-corrected chi connectivity index (χ2v) is 10.1. The topological polar surface area (TPSA) is 96.6 Å². The van der Waals surface area contributed by atoms with Crippen molar-refractivity contribution in [3.05, 3.63) is 125 Å². The number of carboxylic acids is 1. The van der Waals surface area contributed by atoms with E-state index < -0.39 is 5.97 Å². The Morgan fingerprint density at radius 2 is 1.74 bits per heavy atom. The van der Waals surface area contributed by atoms with Crippen LogP contribution in [0.5, 0.6) is 0 Å². The molecule has 3 heterocycles. The highest BCUT2D eigenvalue weighted by atomic mass is 32.1. The first-order chi connectivity index (χ1) is 19.0. The molecule has 0 radical (unpaired) electrons. The normalized spacial score (nSPS) is 12.0. The number of fused-ring (bicyclic) bond motifs is 2. The molecule has 0 saturated heterocycles. The maximum atomic E-state index is 13.7. The predicted molar refractivity (Wildman–Crippen MR) is 152 cm³/mol. The van der Waals surface area contributed by atoms with Gasteiger partial charge >= 0.3 is 5.97 Å². The molecule has 0 fully saturated rings. The molecule has 8 heteroatoms. The Bertz CT molecular complexity index is 1820. The highest BCUT2D eigenvalue weighted by molar-refractivity contribution is 7.03. The molecule has 0 saturated carbocycles. The van der Waals surface area contributed by atoms with E-state index in [0.717, 1.165) is 39.0 Å². The molecule has 3 aromatic carbocycles. The zero-order valence-electron chi connectivity index (χ0n) is 21.0. The van der Waals surface area contributed by atoms with Crippen molar-refractivity contribution < 1.29 is 14.7 Å². The van der Waals surface area contributed by atoms with Crippen molar-refractivity contribution in [2.24, 2.45) is 0 Å². The molecule has 7 nitrogen and oxygen atoms in total. The van der Waals surface area contributed by atoms with E-state index in [1.165, 1.54) is 16.9 Å². The monoisotopic (exact) mass is 532 g/mol. The van der Waals surface area contributed by atoms with Crippen LogP contribution in [0.3, 0.4) is 0 Å². The minimum absolute atomic E-state index is 0.202. The third-order valence-corrected chi connectivity index (χ3v) is 7.46. The SMILES string of the molecule is C[C@H](NC(=O)c1cc(-c2cnsc2)cc2cnc(Cc3ccc4ccccc4c3)n12)c1ccc(C(=O)O)cc1. The van der Waals surface area contributed by atoms with Gasteiger partial charge in [-0.15, -0.1) is 0 Å². The summed E-state index contributed by atoms with van der Waals surface area (Å²) in [5, 5.41) is 16.6. The van der Waals surface area contributed by atoms with Crippen LogP contribution in [0, 0.1) is 0 Å². The molecule has 0 unspecified atom stereocenters. The van der Waals surface area contributed by atoms with Crippen LogP contribution in [0.4, 0.5) is 0 Å². The lowest BCUT2D eigenvalue weighted by atomic mass is 10.0. The maximum Gasteiger partial charge on any atom is 0.335 e. The van der Waals surface area contributed by atoms with E-state index in [-0.39, 0.29) is 17.5 Å². The molecule has 6 rings (SSSR count). The number of hydrogen-bond donors (Lipinski definition) is 2. The number of carbonyl (C=O) groups is 2. The first-order valence-corrected chi connectivity index (χ1v) is 13.3. The number of imidazole rings is 1. The van der Waals surface area contributed by atoms with E-state index in [2.05, 4.69) is 40.0 Å². The molecule has 1 atom stereocenters.